The summed E-state index contributed by atoms with van der Waals surface area (Å²) in [6.45, 7) is 2.49. The Balaban J connectivity index is 1.55. The highest BCUT2D eigenvalue weighted by Gasteiger charge is 2.21. The van der Waals surface area contributed by atoms with Crippen molar-refractivity contribution in [1.82, 2.24) is 5.32 Å². The Kier molecular flexibility index (Phi) is 4.51. The molecule has 1 saturated carbocycles. The highest BCUT2D eigenvalue weighted by Crippen LogP contribution is 2.28. The van der Waals surface area contributed by atoms with Gasteiger partial charge < -0.3 is 14.5 Å². The predicted molar refractivity (Wildman–Crippen MR) is 78.5 cm³/mol. The van der Waals surface area contributed by atoms with Crippen molar-refractivity contribution in [2.45, 2.75) is 18.9 Å². The van der Waals surface area contributed by atoms with E-state index in [1.54, 1.807) is 6.26 Å². The number of benzene rings is 1. The molecule has 1 N–H and O–H groups in total. The molecule has 0 spiro atoms. The Morgan fingerprint density at radius 1 is 1.15 bits per heavy atom. The highest BCUT2D eigenvalue weighted by atomic mass is 16.5. The Hall–Kier alpha value is -1.58. The molecule has 3 nitrogen and oxygen atoms in total. The minimum atomic E-state index is 0.0933. The third-order valence-electron chi connectivity index (χ3n) is 3.61. The number of nitrogens with one attached hydrogen (secondary N) is 1. The lowest BCUT2D eigenvalue weighted by molar-refractivity contribution is 0.124. The van der Waals surface area contributed by atoms with E-state index in [4.69, 9.17) is 9.15 Å². The second-order valence-corrected chi connectivity index (χ2v) is 5.33. The van der Waals surface area contributed by atoms with Gasteiger partial charge in [-0.3, -0.25) is 0 Å². The molecular formula is C17H21NO2. The number of ether oxygens (including phenoxy) is 1. The normalized spacial score (nSPS) is 16.2. The van der Waals surface area contributed by atoms with Gasteiger partial charge in [0.25, 0.3) is 0 Å². The lowest BCUT2D eigenvalue weighted by Gasteiger charge is -2.17. The van der Waals surface area contributed by atoms with Crippen molar-refractivity contribution in [3.63, 3.8) is 0 Å². The fraction of sp³-hybridized carbons (Fsp3) is 0.412. The molecule has 1 aliphatic carbocycles. The first-order valence-corrected chi connectivity index (χ1v) is 7.33. The fourth-order valence-corrected chi connectivity index (χ4v) is 2.29. The molecule has 0 amide bonds. The van der Waals surface area contributed by atoms with E-state index in [2.05, 4.69) is 29.6 Å². The van der Waals surface area contributed by atoms with Crippen LogP contribution >= 0.6 is 0 Å². The molecule has 3 rings (SSSR count). The van der Waals surface area contributed by atoms with Crippen LogP contribution in [0.15, 0.2) is 53.1 Å². The molecule has 1 unspecified atom stereocenters. The van der Waals surface area contributed by atoms with E-state index < -0.39 is 0 Å². The molecule has 1 aromatic carbocycles. The molecule has 3 heteroatoms. The van der Waals surface area contributed by atoms with E-state index in [-0.39, 0.29) is 6.04 Å². The Labute approximate surface area is 119 Å². The van der Waals surface area contributed by atoms with Gasteiger partial charge in [0.05, 0.1) is 18.9 Å². The molecule has 1 atom stereocenters. The van der Waals surface area contributed by atoms with Gasteiger partial charge in [0.1, 0.15) is 5.76 Å². The minimum absolute atomic E-state index is 0.0933. The van der Waals surface area contributed by atoms with Crippen LogP contribution in [0.2, 0.25) is 0 Å². The van der Waals surface area contributed by atoms with Gasteiger partial charge >= 0.3 is 0 Å². The van der Waals surface area contributed by atoms with Crippen molar-refractivity contribution in [2.75, 3.05) is 19.8 Å². The molecule has 0 bridgehead atoms. The smallest absolute Gasteiger partial charge is 0.125 e. The van der Waals surface area contributed by atoms with Crippen LogP contribution in [0.1, 0.15) is 30.2 Å². The quantitative estimate of drug-likeness (QED) is 0.747. The van der Waals surface area contributed by atoms with E-state index in [0.29, 0.717) is 0 Å². The number of rotatable bonds is 8. The summed E-state index contributed by atoms with van der Waals surface area (Å²) in [5.41, 5.74) is 1.21. The van der Waals surface area contributed by atoms with Crippen LogP contribution in [0.5, 0.6) is 0 Å². The fourth-order valence-electron chi connectivity index (χ4n) is 2.29. The van der Waals surface area contributed by atoms with Crippen LogP contribution in [0.3, 0.4) is 0 Å². The van der Waals surface area contributed by atoms with Crippen LogP contribution in [0.4, 0.5) is 0 Å². The molecule has 20 heavy (non-hydrogen) atoms. The maximum atomic E-state index is 5.67. The van der Waals surface area contributed by atoms with Crippen LogP contribution in [-0.4, -0.2) is 19.8 Å². The molecule has 2 aromatic rings. The summed E-state index contributed by atoms with van der Waals surface area (Å²) in [6, 6.07) is 14.4. The summed E-state index contributed by atoms with van der Waals surface area (Å²) in [6.07, 6.45) is 4.40. The molecule has 1 fully saturated rings. The molecular weight excluding hydrogens is 250 g/mol. The summed E-state index contributed by atoms with van der Waals surface area (Å²) in [7, 11) is 0. The van der Waals surface area contributed by atoms with Crippen molar-refractivity contribution in [3.8, 4) is 0 Å². The number of hydrogen-bond donors (Lipinski definition) is 1. The van der Waals surface area contributed by atoms with Gasteiger partial charge in [-0.25, -0.2) is 0 Å². The predicted octanol–water partition coefficient (Wildman–Crippen LogP) is 3.39. The second kappa shape index (κ2) is 6.73. The third-order valence-corrected chi connectivity index (χ3v) is 3.61. The van der Waals surface area contributed by atoms with Gasteiger partial charge in [-0.2, -0.15) is 0 Å². The largest absolute Gasteiger partial charge is 0.467 e. The van der Waals surface area contributed by atoms with Crippen molar-refractivity contribution in [3.05, 3.63) is 60.1 Å². The van der Waals surface area contributed by atoms with Gasteiger partial charge in [-0.05, 0) is 36.5 Å². The zero-order valence-corrected chi connectivity index (χ0v) is 11.6. The molecule has 1 heterocycles. The van der Waals surface area contributed by atoms with Gasteiger partial charge in [0.15, 0.2) is 0 Å². The van der Waals surface area contributed by atoms with E-state index in [1.807, 2.05) is 18.2 Å². The molecule has 0 aliphatic heterocycles. The van der Waals surface area contributed by atoms with E-state index in [0.717, 1.165) is 31.4 Å². The SMILES string of the molecule is c1ccc(C(NCCOCC2CC2)c2ccco2)cc1. The van der Waals surface area contributed by atoms with Crippen molar-refractivity contribution in [2.24, 2.45) is 5.92 Å². The monoisotopic (exact) mass is 271 g/mol. The number of furan rings is 1. The van der Waals surface area contributed by atoms with Crippen LogP contribution in [0, 0.1) is 5.92 Å². The Bertz CT molecular complexity index is 491. The second-order valence-electron chi connectivity index (χ2n) is 5.33. The standard InChI is InChI=1S/C17H21NO2/c1-2-5-15(6-3-1)17(16-7-4-11-20-16)18-10-12-19-13-14-8-9-14/h1-7,11,14,17-18H,8-10,12-13H2. The first kappa shape index (κ1) is 13.4. The summed E-state index contributed by atoms with van der Waals surface area (Å²) >= 11 is 0. The first-order chi connectivity index (χ1) is 9.93. The molecule has 0 saturated heterocycles. The summed E-state index contributed by atoms with van der Waals surface area (Å²) in [4.78, 5) is 0. The van der Waals surface area contributed by atoms with Crippen molar-refractivity contribution < 1.29 is 9.15 Å². The van der Waals surface area contributed by atoms with Crippen LogP contribution in [-0.2, 0) is 4.74 Å². The van der Waals surface area contributed by atoms with Crippen LogP contribution in [0.25, 0.3) is 0 Å². The minimum Gasteiger partial charge on any atom is -0.467 e. The number of hydrogen-bond acceptors (Lipinski definition) is 3. The first-order valence-electron chi connectivity index (χ1n) is 7.33. The summed E-state index contributed by atoms with van der Waals surface area (Å²) in [5.74, 6) is 1.77. The maximum absolute atomic E-state index is 5.67. The summed E-state index contributed by atoms with van der Waals surface area (Å²) in [5, 5.41) is 3.51. The van der Waals surface area contributed by atoms with Crippen molar-refractivity contribution >= 4 is 0 Å². The van der Waals surface area contributed by atoms with Gasteiger partial charge in [0.2, 0.25) is 0 Å². The van der Waals surface area contributed by atoms with Crippen LogP contribution < -0.4 is 5.32 Å². The lowest BCUT2D eigenvalue weighted by atomic mass is 10.0. The van der Waals surface area contributed by atoms with Gasteiger partial charge in [-0.15, -0.1) is 0 Å². The Morgan fingerprint density at radius 2 is 2.00 bits per heavy atom. The zero-order chi connectivity index (χ0) is 13.6. The topological polar surface area (TPSA) is 34.4 Å². The molecule has 0 radical (unpaired) electrons. The zero-order valence-electron chi connectivity index (χ0n) is 11.6. The van der Waals surface area contributed by atoms with E-state index >= 15 is 0 Å². The van der Waals surface area contributed by atoms with Gasteiger partial charge in [0, 0.05) is 13.2 Å². The third kappa shape index (κ3) is 3.71. The van der Waals surface area contributed by atoms with Gasteiger partial charge in [-0.1, -0.05) is 30.3 Å². The van der Waals surface area contributed by atoms with Crippen molar-refractivity contribution in [1.29, 1.82) is 0 Å². The molecule has 106 valence electrons. The average molecular weight is 271 g/mol. The Morgan fingerprint density at radius 3 is 2.70 bits per heavy atom. The highest BCUT2D eigenvalue weighted by molar-refractivity contribution is 5.26. The van der Waals surface area contributed by atoms with E-state index in [9.17, 15) is 0 Å². The molecule has 1 aliphatic rings. The molecule has 1 aromatic heterocycles. The summed E-state index contributed by atoms with van der Waals surface area (Å²) < 4.78 is 11.2. The van der Waals surface area contributed by atoms with E-state index in [1.165, 1.54) is 18.4 Å². The lowest BCUT2D eigenvalue weighted by Crippen LogP contribution is -2.26. The maximum Gasteiger partial charge on any atom is 0.125 e. The average Bonchev–Trinajstić information content (AvgIpc) is 3.16.